The first kappa shape index (κ1) is 5.73. The molecule has 2 nitrogen and oxygen atoms in total. The van der Waals surface area contributed by atoms with Gasteiger partial charge in [0.25, 0.3) is 0 Å². The van der Waals surface area contributed by atoms with Crippen LogP contribution < -0.4 is 0 Å². The fourth-order valence-electron chi connectivity index (χ4n) is 0.690. The first-order valence-electron chi connectivity index (χ1n) is 2.64. The van der Waals surface area contributed by atoms with Crippen LogP contribution in [0.5, 0.6) is 0 Å². The third-order valence-corrected chi connectivity index (χ3v) is 1.80. The molecule has 0 amide bonds. The van der Waals surface area contributed by atoms with Gasteiger partial charge in [0.1, 0.15) is 16.2 Å². The molecule has 4 heteroatoms. The highest BCUT2D eigenvalue weighted by Gasteiger charge is 1.97. The fourth-order valence-corrected chi connectivity index (χ4v) is 1.24. The zero-order valence-electron chi connectivity index (χ0n) is 4.84. The summed E-state index contributed by atoms with van der Waals surface area (Å²) in [7, 11) is 0. The van der Waals surface area contributed by atoms with Crippen LogP contribution in [0, 0.1) is 11.3 Å². The van der Waals surface area contributed by atoms with Gasteiger partial charge in [-0.25, -0.2) is 14.4 Å². The first-order chi connectivity index (χ1) is 4.86. The lowest BCUT2D eigenvalue weighted by Gasteiger charge is -1.84. The van der Waals surface area contributed by atoms with Crippen LogP contribution in [0.2, 0.25) is 0 Å². The number of thiazole rings is 1. The van der Waals surface area contributed by atoms with Gasteiger partial charge in [-0.3, -0.25) is 0 Å². The number of rotatable bonds is 0. The SMILES string of the molecule is Fc1cnc2s[c]nc2c1. The highest BCUT2D eigenvalue weighted by molar-refractivity contribution is 7.15. The molecule has 2 aromatic rings. The first-order valence-corrected chi connectivity index (χ1v) is 3.46. The highest BCUT2D eigenvalue weighted by Crippen LogP contribution is 2.13. The van der Waals surface area contributed by atoms with Crippen molar-refractivity contribution < 1.29 is 4.39 Å². The van der Waals surface area contributed by atoms with Gasteiger partial charge in [-0.2, -0.15) is 0 Å². The van der Waals surface area contributed by atoms with Crippen LogP contribution in [0.4, 0.5) is 4.39 Å². The molecule has 0 aliphatic carbocycles. The second kappa shape index (κ2) is 1.98. The van der Waals surface area contributed by atoms with E-state index in [9.17, 15) is 4.39 Å². The molecule has 0 bridgehead atoms. The maximum absolute atomic E-state index is 12.4. The van der Waals surface area contributed by atoms with E-state index in [4.69, 9.17) is 0 Å². The van der Waals surface area contributed by atoms with E-state index >= 15 is 0 Å². The average Bonchev–Trinajstić information content (AvgIpc) is 2.33. The Morgan fingerprint density at radius 2 is 2.50 bits per heavy atom. The molecule has 0 N–H and O–H groups in total. The second-order valence-corrected chi connectivity index (χ2v) is 2.56. The van der Waals surface area contributed by atoms with E-state index in [-0.39, 0.29) is 5.82 Å². The summed E-state index contributed by atoms with van der Waals surface area (Å²) in [5.74, 6) is -0.355. The fraction of sp³-hybridized carbons (Fsp3) is 0. The van der Waals surface area contributed by atoms with Gasteiger partial charge in [0, 0.05) is 6.07 Å². The molecule has 10 heavy (non-hydrogen) atoms. The minimum absolute atomic E-state index is 0.355. The molecule has 0 aliphatic rings. The Kier molecular flexibility index (Phi) is 1.14. The molecule has 2 heterocycles. The van der Waals surface area contributed by atoms with E-state index in [1.54, 1.807) is 0 Å². The van der Waals surface area contributed by atoms with E-state index in [1.165, 1.54) is 23.6 Å². The minimum Gasteiger partial charge on any atom is -0.241 e. The number of fused-ring (bicyclic) bond motifs is 1. The van der Waals surface area contributed by atoms with Crippen LogP contribution in [0.3, 0.4) is 0 Å². The van der Waals surface area contributed by atoms with Crippen LogP contribution in [-0.4, -0.2) is 9.97 Å². The Hall–Kier alpha value is -1.03. The van der Waals surface area contributed by atoms with Crippen molar-refractivity contribution in [2.45, 2.75) is 0 Å². The summed E-state index contributed by atoms with van der Waals surface area (Å²) in [5, 5.41) is 0. The average molecular weight is 153 g/mol. The molecule has 2 aromatic heterocycles. The molecular weight excluding hydrogens is 151 g/mol. The molecule has 0 unspecified atom stereocenters. The number of pyridine rings is 1. The monoisotopic (exact) mass is 153 g/mol. The van der Waals surface area contributed by atoms with Crippen molar-refractivity contribution in [1.29, 1.82) is 0 Å². The molecule has 0 saturated heterocycles. The van der Waals surface area contributed by atoms with Crippen molar-refractivity contribution in [3.05, 3.63) is 23.6 Å². The lowest BCUT2D eigenvalue weighted by atomic mass is 10.4. The molecule has 0 aromatic carbocycles. The molecule has 2 rings (SSSR count). The van der Waals surface area contributed by atoms with Crippen molar-refractivity contribution in [3.63, 3.8) is 0 Å². The molecule has 0 aliphatic heterocycles. The second-order valence-electron chi connectivity index (χ2n) is 1.78. The number of aromatic nitrogens is 2. The lowest BCUT2D eigenvalue weighted by molar-refractivity contribution is 0.624. The van der Waals surface area contributed by atoms with E-state index in [0.29, 0.717) is 5.52 Å². The zero-order valence-corrected chi connectivity index (χ0v) is 5.65. The minimum atomic E-state index is -0.355. The van der Waals surface area contributed by atoms with E-state index in [0.717, 1.165) is 4.83 Å². The third kappa shape index (κ3) is 0.769. The van der Waals surface area contributed by atoms with Gasteiger partial charge in [-0.05, 0) is 0 Å². The van der Waals surface area contributed by atoms with Gasteiger partial charge >= 0.3 is 0 Å². The van der Waals surface area contributed by atoms with E-state index in [1.807, 2.05) is 0 Å². The molecule has 0 fully saturated rings. The van der Waals surface area contributed by atoms with Crippen molar-refractivity contribution in [3.8, 4) is 0 Å². The Morgan fingerprint density at radius 1 is 1.60 bits per heavy atom. The van der Waals surface area contributed by atoms with Gasteiger partial charge in [0.05, 0.1) is 6.20 Å². The maximum atomic E-state index is 12.4. The van der Waals surface area contributed by atoms with Gasteiger partial charge in [0.2, 0.25) is 0 Å². The summed E-state index contributed by atoms with van der Waals surface area (Å²) < 4.78 is 12.4. The van der Waals surface area contributed by atoms with Gasteiger partial charge < -0.3 is 0 Å². The Labute approximate surface area is 60.4 Å². The van der Waals surface area contributed by atoms with Crippen LogP contribution in [0.15, 0.2) is 12.3 Å². The summed E-state index contributed by atoms with van der Waals surface area (Å²) >= 11 is 1.28. The van der Waals surface area contributed by atoms with Crippen LogP contribution >= 0.6 is 11.3 Å². The van der Waals surface area contributed by atoms with Crippen molar-refractivity contribution in [2.24, 2.45) is 0 Å². The standard InChI is InChI=1S/C6H2FN2S/c7-4-1-5-6(8-2-4)10-3-9-5/h1-2H. The summed E-state index contributed by atoms with van der Waals surface area (Å²) in [6.45, 7) is 0. The number of halogens is 1. The van der Waals surface area contributed by atoms with Crippen molar-refractivity contribution in [1.82, 2.24) is 9.97 Å². The van der Waals surface area contributed by atoms with Crippen molar-refractivity contribution in [2.75, 3.05) is 0 Å². The maximum Gasteiger partial charge on any atom is 0.155 e. The predicted octanol–water partition coefficient (Wildman–Crippen LogP) is 1.63. The molecule has 0 atom stereocenters. The van der Waals surface area contributed by atoms with E-state index in [2.05, 4.69) is 15.5 Å². The third-order valence-electron chi connectivity index (χ3n) is 1.11. The summed E-state index contributed by atoms with van der Waals surface area (Å²) in [6.07, 6.45) is 1.17. The summed E-state index contributed by atoms with van der Waals surface area (Å²) in [6, 6.07) is 1.34. The largest absolute Gasteiger partial charge is 0.241 e. The Morgan fingerprint density at radius 3 is 3.40 bits per heavy atom. The summed E-state index contributed by atoms with van der Waals surface area (Å²) in [5.41, 5.74) is 3.20. The normalized spacial score (nSPS) is 10.5. The highest BCUT2D eigenvalue weighted by atomic mass is 32.1. The zero-order chi connectivity index (χ0) is 6.97. The Bertz CT molecular complexity index is 357. The smallest absolute Gasteiger partial charge is 0.155 e. The van der Waals surface area contributed by atoms with Crippen LogP contribution in [0.1, 0.15) is 0 Å². The molecule has 49 valence electrons. The van der Waals surface area contributed by atoms with Crippen molar-refractivity contribution >= 4 is 21.7 Å². The van der Waals surface area contributed by atoms with Crippen LogP contribution in [-0.2, 0) is 0 Å². The molecule has 0 saturated carbocycles. The quantitative estimate of drug-likeness (QED) is 0.574. The number of hydrogen-bond acceptors (Lipinski definition) is 3. The van der Waals surface area contributed by atoms with Gasteiger partial charge in [-0.1, -0.05) is 11.3 Å². The number of nitrogens with zero attached hydrogens (tertiary/aromatic N) is 2. The van der Waals surface area contributed by atoms with Crippen LogP contribution in [0.25, 0.3) is 10.3 Å². The molecule has 0 spiro atoms. The number of hydrogen-bond donors (Lipinski definition) is 0. The Balaban J connectivity index is 2.86. The van der Waals surface area contributed by atoms with E-state index < -0.39 is 0 Å². The molecular formula is C6H2FN2S. The lowest BCUT2D eigenvalue weighted by Crippen LogP contribution is -1.76. The molecule has 1 radical (unpaired) electrons. The predicted molar refractivity (Wildman–Crippen MR) is 36.2 cm³/mol. The van der Waals surface area contributed by atoms with Gasteiger partial charge in [-0.15, -0.1) is 0 Å². The summed E-state index contributed by atoms with van der Waals surface area (Å²) in [4.78, 5) is 8.28. The van der Waals surface area contributed by atoms with Gasteiger partial charge in [0.15, 0.2) is 5.51 Å². The topological polar surface area (TPSA) is 25.8 Å².